The average molecular weight is 335 g/mol. The van der Waals surface area contributed by atoms with Crippen molar-refractivity contribution in [2.45, 2.75) is 13.5 Å². The molecule has 0 aliphatic carbocycles. The zero-order valence-electron chi connectivity index (χ0n) is 13.0. The van der Waals surface area contributed by atoms with Crippen molar-refractivity contribution in [1.29, 1.82) is 0 Å². The van der Waals surface area contributed by atoms with Crippen LogP contribution >= 0.6 is 0 Å². The van der Waals surface area contributed by atoms with E-state index in [2.05, 4.69) is 30.1 Å². The fourth-order valence-corrected chi connectivity index (χ4v) is 2.54. The number of hydrogen-bond acceptors (Lipinski definition) is 6. The Labute approximate surface area is 140 Å². The predicted molar refractivity (Wildman–Crippen MR) is 85.1 cm³/mol. The van der Waals surface area contributed by atoms with Gasteiger partial charge in [0.05, 0.1) is 18.3 Å². The fraction of sp³-hybridized carbons (Fsp3) is 0.125. The number of fused-ring (bicyclic) bond motifs is 1. The lowest BCUT2D eigenvalue weighted by Crippen LogP contribution is -2.05. The molecule has 0 spiro atoms. The Balaban J connectivity index is 1.90. The largest absolute Gasteiger partial charge is 0.359 e. The highest BCUT2D eigenvalue weighted by atomic mass is 19.1. The van der Waals surface area contributed by atoms with Gasteiger partial charge in [-0.25, -0.2) is 14.0 Å². The van der Waals surface area contributed by atoms with Crippen LogP contribution in [-0.2, 0) is 6.54 Å². The van der Waals surface area contributed by atoms with Gasteiger partial charge in [-0.05, 0) is 24.2 Å². The summed E-state index contributed by atoms with van der Waals surface area (Å²) in [5.74, 6) is 0.206. The van der Waals surface area contributed by atoms with Crippen LogP contribution < -0.4 is 0 Å². The Morgan fingerprint density at radius 1 is 1.24 bits per heavy atom. The summed E-state index contributed by atoms with van der Waals surface area (Å²) in [5.41, 5.74) is 2.40. The molecule has 4 rings (SSSR count). The summed E-state index contributed by atoms with van der Waals surface area (Å²) in [4.78, 5) is 15.8. The molecule has 3 heterocycles. The van der Waals surface area contributed by atoms with Crippen LogP contribution in [0.4, 0.5) is 10.2 Å². The van der Waals surface area contributed by atoms with Crippen molar-refractivity contribution in [3.8, 4) is 11.5 Å². The molecule has 0 radical (unpaired) electrons. The number of aromatic nitrogens is 6. The predicted octanol–water partition coefficient (Wildman–Crippen LogP) is 2.92. The lowest BCUT2D eigenvalue weighted by atomic mass is 10.3. The van der Waals surface area contributed by atoms with E-state index in [-0.39, 0.29) is 17.9 Å². The van der Waals surface area contributed by atoms with Gasteiger partial charge in [-0.15, -0.1) is 4.98 Å². The molecule has 1 aromatic carbocycles. The van der Waals surface area contributed by atoms with Gasteiger partial charge in [-0.3, -0.25) is 4.98 Å². The lowest BCUT2D eigenvalue weighted by Gasteiger charge is -2.06. The van der Waals surface area contributed by atoms with E-state index in [1.165, 1.54) is 18.5 Å². The van der Waals surface area contributed by atoms with Crippen molar-refractivity contribution in [2.75, 3.05) is 0 Å². The van der Waals surface area contributed by atoms with Crippen molar-refractivity contribution in [3.05, 3.63) is 59.2 Å². The number of imidazole rings is 1. The Kier molecular flexibility index (Phi) is 3.43. The summed E-state index contributed by atoms with van der Waals surface area (Å²) in [6, 6.07) is 4.72. The molecule has 0 atom stereocenters. The van der Waals surface area contributed by atoms with Crippen LogP contribution in [0.25, 0.3) is 27.4 Å². The SMILES string of the molecule is [C-]#[N+]c1cnc(Cn2c(-c3nonc3C)nc3c(F)cccc32)cn1. The van der Waals surface area contributed by atoms with Crippen molar-refractivity contribution in [1.82, 2.24) is 29.8 Å². The molecule has 0 saturated heterocycles. The normalized spacial score (nSPS) is 10.9. The number of hydrogen-bond donors (Lipinski definition) is 0. The Hall–Kier alpha value is -3.67. The maximum absolute atomic E-state index is 14.2. The molecule has 0 amide bonds. The molecule has 0 saturated carbocycles. The van der Waals surface area contributed by atoms with E-state index in [0.29, 0.717) is 28.4 Å². The van der Waals surface area contributed by atoms with E-state index >= 15 is 0 Å². The second-order valence-electron chi connectivity index (χ2n) is 5.31. The minimum atomic E-state index is -0.430. The molecule has 0 fully saturated rings. The summed E-state index contributed by atoms with van der Waals surface area (Å²) in [6.45, 7) is 8.95. The van der Waals surface area contributed by atoms with Crippen LogP contribution in [-0.4, -0.2) is 29.8 Å². The highest BCUT2D eigenvalue weighted by Crippen LogP contribution is 2.27. The molecule has 25 heavy (non-hydrogen) atoms. The van der Waals surface area contributed by atoms with E-state index < -0.39 is 5.82 Å². The maximum atomic E-state index is 14.2. The van der Waals surface area contributed by atoms with Gasteiger partial charge in [0.15, 0.2) is 17.3 Å². The molecule has 8 nitrogen and oxygen atoms in total. The zero-order chi connectivity index (χ0) is 17.4. The van der Waals surface area contributed by atoms with Crippen LogP contribution in [0.1, 0.15) is 11.4 Å². The molecular formula is C16H10FN7O. The van der Waals surface area contributed by atoms with Crippen LogP contribution in [0.5, 0.6) is 0 Å². The topological polar surface area (TPSA) is 86.9 Å². The summed E-state index contributed by atoms with van der Waals surface area (Å²) in [5, 5.41) is 7.63. The molecule has 122 valence electrons. The van der Waals surface area contributed by atoms with E-state index in [1.54, 1.807) is 23.6 Å². The van der Waals surface area contributed by atoms with Gasteiger partial charge in [-0.2, -0.15) is 0 Å². The van der Waals surface area contributed by atoms with Gasteiger partial charge < -0.3 is 9.41 Å². The van der Waals surface area contributed by atoms with Crippen LogP contribution in [0.15, 0.2) is 35.2 Å². The maximum Gasteiger partial charge on any atom is 0.287 e. The van der Waals surface area contributed by atoms with Crippen molar-refractivity contribution < 1.29 is 9.02 Å². The molecule has 4 aromatic rings. The van der Waals surface area contributed by atoms with E-state index in [4.69, 9.17) is 11.2 Å². The van der Waals surface area contributed by atoms with Crippen molar-refractivity contribution in [3.63, 3.8) is 0 Å². The minimum absolute atomic E-state index is 0.210. The second kappa shape index (κ2) is 5.76. The summed E-state index contributed by atoms with van der Waals surface area (Å²) < 4.78 is 20.7. The molecule has 0 N–H and O–H groups in total. The first-order valence-electron chi connectivity index (χ1n) is 7.30. The number of benzene rings is 1. The Morgan fingerprint density at radius 3 is 2.80 bits per heavy atom. The fourth-order valence-electron chi connectivity index (χ4n) is 2.54. The molecule has 0 aliphatic heterocycles. The first kappa shape index (κ1) is 14.9. The van der Waals surface area contributed by atoms with Crippen molar-refractivity contribution >= 4 is 16.9 Å². The lowest BCUT2D eigenvalue weighted by molar-refractivity contribution is 0.305. The van der Waals surface area contributed by atoms with Gasteiger partial charge in [0.25, 0.3) is 5.82 Å². The summed E-state index contributed by atoms with van der Waals surface area (Å²) in [6.07, 6.45) is 2.90. The first-order valence-corrected chi connectivity index (χ1v) is 7.30. The van der Waals surface area contributed by atoms with Crippen LogP contribution in [0.3, 0.4) is 0 Å². The molecule has 0 bridgehead atoms. The van der Waals surface area contributed by atoms with Crippen molar-refractivity contribution in [2.24, 2.45) is 0 Å². The van der Waals surface area contributed by atoms with Gasteiger partial charge in [0.1, 0.15) is 23.1 Å². The number of halogens is 1. The quantitative estimate of drug-likeness (QED) is 0.535. The van der Waals surface area contributed by atoms with Gasteiger partial charge in [0.2, 0.25) is 0 Å². The van der Waals surface area contributed by atoms with E-state index in [0.717, 1.165) is 0 Å². The third kappa shape index (κ3) is 2.49. The highest BCUT2D eigenvalue weighted by Gasteiger charge is 2.20. The van der Waals surface area contributed by atoms with Gasteiger partial charge >= 0.3 is 0 Å². The molecular weight excluding hydrogens is 325 g/mol. The summed E-state index contributed by atoms with van der Waals surface area (Å²) in [7, 11) is 0. The third-order valence-electron chi connectivity index (χ3n) is 3.72. The van der Waals surface area contributed by atoms with Gasteiger partial charge in [0, 0.05) is 0 Å². The van der Waals surface area contributed by atoms with Crippen LogP contribution in [0, 0.1) is 19.3 Å². The molecule has 0 aliphatic rings. The smallest absolute Gasteiger partial charge is 0.287 e. The third-order valence-corrected chi connectivity index (χ3v) is 3.72. The number of rotatable bonds is 3. The average Bonchev–Trinajstić information content (AvgIpc) is 3.20. The number of nitrogens with zero attached hydrogens (tertiary/aromatic N) is 7. The number of aryl methyl sites for hydroxylation is 1. The summed E-state index contributed by atoms with van der Waals surface area (Å²) >= 11 is 0. The first-order chi connectivity index (χ1) is 12.2. The van der Waals surface area contributed by atoms with Gasteiger partial charge in [-0.1, -0.05) is 17.8 Å². The highest BCUT2D eigenvalue weighted by molar-refractivity contribution is 5.81. The monoisotopic (exact) mass is 335 g/mol. The van der Waals surface area contributed by atoms with Crippen LogP contribution in [0.2, 0.25) is 0 Å². The Morgan fingerprint density at radius 2 is 2.12 bits per heavy atom. The number of para-hydroxylation sites is 1. The van der Waals surface area contributed by atoms with E-state index in [9.17, 15) is 4.39 Å². The minimum Gasteiger partial charge on any atom is -0.359 e. The molecule has 3 aromatic heterocycles. The second-order valence-corrected chi connectivity index (χ2v) is 5.31. The van der Waals surface area contributed by atoms with E-state index in [1.807, 2.05) is 0 Å². The molecule has 9 heteroatoms. The Bertz CT molecular complexity index is 1110. The standard InChI is InChI=1S/C16H10FN7O/c1-9-14(23-25-22-9)16-21-15-11(17)4-3-5-12(15)24(16)8-10-6-20-13(18-2)7-19-10/h3-7H,8H2,1H3. The molecule has 0 unspecified atom stereocenters. The zero-order valence-corrected chi connectivity index (χ0v) is 13.0.